The summed E-state index contributed by atoms with van der Waals surface area (Å²) in [6, 6.07) is 49.6. The molecule has 13 heteroatoms. The molecule has 4 aliphatic rings. The number of hydrogen-bond donors (Lipinski definition) is 1. The molecule has 5 aromatic rings. The predicted molar refractivity (Wildman–Crippen MR) is 254 cm³/mol. The van der Waals surface area contributed by atoms with Gasteiger partial charge in [-0.05, 0) is 62.4 Å². The highest BCUT2D eigenvalue weighted by Gasteiger charge is 2.58. The third kappa shape index (κ3) is 12.6. The molecular formula is C56H66O13. The third-order valence-corrected chi connectivity index (χ3v) is 13.0. The molecule has 0 aliphatic carbocycles. The van der Waals surface area contributed by atoms with E-state index in [1.165, 1.54) is 0 Å². The van der Waals surface area contributed by atoms with Crippen LogP contribution in [0.1, 0.15) is 62.4 Å². The van der Waals surface area contributed by atoms with Crippen LogP contribution in [0.2, 0.25) is 0 Å². The standard InChI is InChI=1S/C56H66O13/c1-36-45(58-31-39-21-11-6-12-22-39)49(60-33-41-25-15-8-16-26-41)51(61-34-42-27-17-9-18-28-42)55(65-36)67-46-37(2)63-53(44(57)48(46)59-32-40-23-13-7-14-24-40)66-47-38(3)64-54(52-50(47)68-56(4,5)69-52)62-35-43-29-19-10-20-30-43/h6-30,36-38,44-55,57H,31-35H2,1-5H3. The van der Waals surface area contributed by atoms with Crippen molar-refractivity contribution in [3.63, 3.8) is 0 Å². The van der Waals surface area contributed by atoms with Crippen LogP contribution in [0, 0.1) is 0 Å². The zero-order chi connectivity index (χ0) is 47.7. The van der Waals surface area contributed by atoms with Gasteiger partial charge in [-0.25, -0.2) is 0 Å². The largest absolute Gasteiger partial charge is 0.385 e. The van der Waals surface area contributed by atoms with Gasteiger partial charge in [0.1, 0.15) is 54.9 Å². The monoisotopic (exact) mass is 946 g/mol. The zero-order valence-electron chi connectivity index (χ0n) is 40.0. The van der Waals surface area contributed by atoms with E-state index in [1.807, 2.05) is 186 Å². The quantitative estimate of drug-likeness (QED) is 0.0851. The van der Waals surface area contributed by atoms with Crippen LogP contribution in [0.4, 0.5) is 0 Å². The predicted octanol–water partition coefficient (Wildman–Crippen LogP) is 8.43. The van der Waals surface area contributed by atoms with Crippen molar-refractivity contribution in [3.05, 3.63) is 179 Å². The number of hydrogen-bond acceptors (Lipinski definition) is 13. The Balaban J connectivity index is 0.979. The highest BCUT2D eigenvalue weighted by molar-refractivity contribution is 5.17. The summed E-state index contributed by atoms with van der Waals surface area (Å²) in [5.41, 5.74) is 4.89. The van der Waals surface area contributed by atoms with Crippen LogP contribution < -0.4 is 0 Å². The van der Waals surface area contributed by atoms with Gasteiger partial charge in [-0.1, -0.05) is 152 Å². The van der Waals surface area contributed by atoms with E-state index < -0.39 is 97.9 Å². The zero-order valence-corrected chi connectivity index (χ0v) is 40.0. The Bertz CT molecular complexity index is 2270. The Labute approximate surface area is 405 Å². The first-order chi connectivity index (χ1) is 33.6. The fourth-order valence-corrected chi connectivity index (χ4v) is 9.52. The van der Waals surface area contributed by atoms with Gasteiger partial charge in [0.25, 0.3) is 0 Å². The van der Waals surface area contributed by atoms with Gasteiger partial charge in [0.15, 0.2) is 24.7 Å². The summed E-state index contributed by atoms with van der Waals surface area (Å²) in [4.78, 5) is 0. The average molecular weight is 947 g/mol. The normalized spacial score (nSPS) is 33.2. The Hall–Kier alpha value is -4.42. The average Bonchev–Trinajstić information content (AvgIpc) is 3.70. The molecule has 4 aliphatic heterocycles. The fraction of sp³-hybridized carbons (Fsp3) is 0.464. The van der Waals surface area contributed by atoms with Crippen molar-refractivity contribution in [3.8, 4) is 0 Å². The molecule has 69 heavy (non-hydrogen) atoms. The van der Waals surface area contributed by atoms with Crippen LogP contribution in [0.25, 0.3) is 0 Å². The molecular weight excluding hydrogens is 881 g/mol. The van der Waals surface area contributed by atoms with Crippen molar-refractivity contribution in [2.24, 2.45) is 0 Å². The minimum Gasteiger partial charge on any atom is -0.385 e. The van der Waals surface area contributed by atoms with Crippen LogP contribution >= 0.6 is 0 Å². The number of aliphatic hydroxyl groups excluding tert-OH is 1. The summed E-state index contributed by atoms with van der Waals surface area (Å²) in [5.74, 6) is -0.956. The van der Waals surface area contributed by atoms with Crippen LogP contribution in [0.5, 0.6) is 0 Å². The van der Waals surface area contributed by atoms with Gasteiger partial charge in [-0.3, -0.25) is 0 Å². The molecule has 0 aromatic heterocycles. The van der Waals surface area contributed by atoms with Crippen molar-refractivity contribution in [1.29, 1.82) is 0 Å². The molecule has 13 nitrogen and oxygen atoms in total. The van der Waals surface area contributed by atoms with Crippen molar-refractivity contribution < 1.29 is 61.9 Å². The molecule has 0 spiro atoms. The lowest BCUT2D eigenvalue weighted by atomic mass is 9.96. The van der Waals surface area contributed by atoms with Gasteiger partial charge in [0.2, 0.25) is 0 Å². The first-order valence-electron chi connectivity index (χ1n) is 24.2. The van der Waals surface area contributed by atoms with E-state index >= 15 is 0 Å². The maximum absolute atomic E-state index is 12.5. The lowest BCUT2D eigenvalue weighted by Crippen LogP contribution is -2.65. The van der Waals surface area contributed by atoms with Crippen molar-refractivity contribution in [2.75, 3.05) is 0 Å². The first-order valence-corrected chi connectivity index (χ1v) is 24.2. The van der Waals surface area contributed by atoms with Crippen molar-refractivity contribution >= 4 is 0 Å². The Morgan fingerprint density at radius 2 is 0.725 bits per heavy atom. The fourth-order valence-electron chi connectivity index (χ4n) is 9.52. The second-order valence-electron chi connectivity index (χ2n) is 18.7. The van der Waals surface area contributed by atoms with Crippen LogP contribution in [-0.4, -0.2) is 103 Å². The van der Waals surface area contributed by atoms with E-state index in [2.05, 4.69) is 0 Å². The summed E-state index contributed by atoms with van der Waals surface area (Å²) in [7, 11) is 0. The van der Waals surface area contributed by atoms with Gasteiger partial charge >= 0.3 is 0 Å². The SMILES string of the molecule is CC1OC(OC2C(C)OC(OCc3ccccc3)C3OC(C)(C)OC23)C(O)C(OCc2ccccc2)C1OC1OC(C)C(OCc2ccccc2)C(OCc2ccccc2)C1OCc1ccccc1. The first kappa shape index (κ1) is 49.6. The highest BCUT2D eigenvalue weighted by Crippen LogP contribution is 2.41. The smallest absolute Gasteiger partial charge is 0.187 e. The Morgan fingerprint density at radius 3 is 1.22 bits per heavy atom. The second-order valence-corrected chi connectivity index (χ2v) is 18.7. The summed E-state index contributed by atoms with van der Waals surface area (Å²) >= 11 is 0. The van der Waals surface area contributed by atoms with Crippen LogP contribution in [0.3, 0.4) is 0 Å². The van der Waals surface area contributed by atoms with Crippen molar-refractivity contribution in [2.45, 2.75) is 166 Å². The van der Waals surface area contributed by atoms with Gasteiger partial charge in [0, 0.05) is 0 Å². The number of rotatable bonds is 19. The molecule has 15 atom stereocenters. The van der Waals surface area contributed by atoms with E-state index in [0.717, 1.165) is 27.8 Å². The van der Waals surface area contributed by atoms with Gasteiger partial charge in [0.05, 0.1) is 51.3 Å². The minimum atomic E-state index is -1.35. The number of fused-ring (bicyclic) bond motifs is 1. The van der Waals surface area contributed by atoms with Crippen molar-refractivity contribution in [1.82, 2.24) is 0 Å². The topological polar surface area (TPSA) is 131 Å². The van der Waals surface area contributed by atoms with E-state index in [-0.39, 0.29) is 13.2 Å². The molecule has 0 saturated carbocycles. The van der Waals surface area contributed by atoms with E-state index in [4.69, 9.17) is 56.8 Å². The van der Waals surface area contributed by atoms with E-state index in [1.54, 1.807) is 0 Å². The van der Waals surface area contributed by atoms with Crippen LogP contribution in [0.15, 0.2) is 152 Å². The molecule has 0 bridgehead atoms. The van der Waals surface area contributed by atoms with Crippen LogP contribution in [-0.2, 0) is 89.9 Å². The molecule has 0 amide bonds. The molecule has 4 saturated heterocycles. The maximum atomic E-state index is 12.5. The summed E-state index contributed by atoms with van der Waals surface area (Å²) in [6.07, 6.45) is -11.9. The Kier molecular flexibility index (Phi) is 16.7. The lowest BCUT2D eigenvalue weighted by Gasteiger charge is -2.49. The molecule has 4 fully saturated rings. The molecule has 5 aromatic carbocycles. The van der Waals surface area contributed by atoms with Gasteiger partial charge in [-0.2, -0.15) is 0 Å². The number of benzene rings is 5. The maximum Gasteiger partial charge on any atom is 0.187 e. The molecule has 9 rings (SSSR count). The second kappa shape index (κ2) is 23.2. The summed E-state index contributed by atoms with van der Waals surface area (Å²) in [5, 5.41) is 12.5. The van der Waals surface area contributed by atoms with Gasteiger partial charge in [-0.15, -0.1) is 0 Å². The summed E-state index contributed by atoms with van der Waals surface area (Å²) < 4.78 is 80.1. The lowest BCUT2D eigenvalue weighted by molar-refractivity contribution is -0.378. The van der Waals surface area contributed by atoms with E-state index in [9.17, 15) is 5.11 Å². The molecule has 0 radical (unpaired) electrons. The summed E-state index contributed by atoms with van der Waals surface area (Å²) in [6.45, 7) is 10.8. The third-order valence-electron chi connectivity index (χ3n) is 13.0. The highest BCUT2D eigenvalue weighted by atomic mass is 16.8. The molecule has 1 N–H and O–H groups in total. The molecule has 4 heterocycles. The minimum absolute atomic E-state index is 0.176. The number of aliphatic hydroxyl groups is 1. The number of ether oxygens (including phenoxy) is 12. The molecule has 368 valence electrons. The van der Waals surface area contributed by atoms with Gasteiger partial charge < -0.3 is 61.9 Å². The molecule has 15 unspecified atom stereocenters. The Morgan fingerprint density at radius 1 is 0.377 bits per heavy atom. The van der Waals surface area contributed by atoms with E-state index in [0.29, 0.717) is 19.8 Å².